The molecule has 0 aliphatic rings. The van der Waals surface area contributed by atoms with Gasteiger partial charge in [-0.05, 0) is 17.7 Å². The van der Waals surface area contributed by atoms with Crippen LogP contribution >= 0.6 is 15.9 Å². The Labute approximate surface area is 137 Å². The Morgan fingerprint density at radius 2 is 1.82 bits per heavy atom. The van der Waals surface area contributed by atoms with Crippen LogP contribution in [0.15, 0.2) is 28.7 Å². The minimum absolute atomic E-state index is 0.390. The van der Waals surface area contributed by atoms with Gasteiger partial charge in [-0.1, -0.05) is 28.1 Å². The van der Waals surface area contributed by atoms with Crippen molar-refractivity contribution in [1.29, 1.82) is 0 Å². The third-order valence-corrected chi connectivity index (χ3v) is 4.71. The summed E-state index contributed by atoms with van der Waals surface area (Å²) in [5.41, 5.74) is 0.390. The van der Waals surface area contributed by atoms with Crippen LogP contribution in [0.25, 0.3) is 0 Å². The van der Waals surface area contributed by atoms with E-state index in [2.05, 4.69) is 20.7 Å². The fourth-order valence-corrected chi connectivity index (χ4v) is 3.05. The number of benzene rings is 1. The standard InChI is InChI=1S/C13H16BrNO6S/c1-8(16)21-7-11(22(15,18)19)12(13(17)20-2)9-3-5-10(14)6-4-9/h3-6,11-12H,7H2,1-2H3,(H2,15,18,19). The molecule has 2 unspecified atom stereocenters. The quantitative estimate of drug-likeness (QED) is 0.719. The molecule has 0 aliphatic heterocycles. The lowest BCUT2D eigenvalue weighted by Gasteiger charge is -2.23. The number of esters is 2. The third kappa shape index (κ3) is 5.08. The van der Waals surface area contributed by atoms with Crippen molar-refractivity contribution in [2.24, 2.45) is 5.14 Å². The number of rotatable bonds is 6. The molecule has 1 aromatic carbocycles. The highest BCUT2D eigenvalue weighted by atomic mass is 79.9. The molecule has 0 spiro atoms. The molecule has 1 aromatic rings. The van der Waals surface area contributed by atoms with Crippen molar-refractivity contribution in [2.75, 3.05) is 13.7 Å². The average Bonchev–Trinajstić information content (AvgIpc) is 2.42. The zero-order valence-electron chi connectivity index (χ0n) is 12.0. The topological polar surface area (TPSA) is 113 Å². The van der Waals surface area contributed by atoms with Crippen LogP contribution in [-0.4, -0.2) is 39.3 Å². The molecule has 0 amide bonds. The van der Waals surface area contributed by atoms with Crippen molar-refractivity contribution < 1.29 is 27.5 Å². The zero-order chi connectivity index (χ0) is 16.9. The maximum absolute atomic E-state index is 12.0. The highest BCUT2D eigenvalue weighted by Gasteiger charge is 2.39. The van der Waals surface area contributed by atoms with E-state index >= 15 is 0 Å². The molecule has 0 aromatic heterocycles. The van der Waals surface area contributed by atoms with Gasteiger partial charge in [0.05, 0.1) is 7.11 Å². The van der Waals surface area contributed by atoms with Crippen molar-refractivity contribution in [3.8, 4) is 0 Å². The maximum atomic E-state index is 12.0. The monoisotopic (exact) mass is 393 g/mol. The SMILES string of the molecule is COC(=O)C(c1ccc(Br)cc1)C(COC(C)=O)S(N)(=O)=O. The molecular weight excluding hydrogens is 378 g/mol. The molecule has 0 saturated heterocycles. The van der Waals surface area contributed by atoms with Crippen LogP contribution in [-0.2, 0) is 29.1 Å². The van der Waals surface area contributed by atoms with Gasteiger partial charge in [0, 0.05) is 11.4 Å². The summed E-state index contributed by atoms with van der Waals surface area (Å²) in [7, 11) is -3.02. The summed E-state index contributed by atoms with van der Waals surface area (Å²) in [6.07, 6.45) is 0. The molecular formula is C13H16BrNO6S. The smallest absolute Gasteiger partial charge is 0.314 e. The Bertz CT molecular complexity index is 643. The van der Waals surface area contributed by atoms with E-state index < -0.39 is 39.7 Å². The van der Waals surface area contributed by atoms with E-state index in [1.54, 1.807) is 24.3 Å². The van der Waals surface area contributed by atoms with E-state index in [1.165, 1.54) is 0 Å². The van der Waals surface area contributed by atoms with Gasteiger partial charge in [-0.15, -0.1) is 0 Å². The summed E-state index contributed by atoms with van der Waals surface area (Å²) in [6, 6.07) is 6.43. The normalized spacial score (nSPS) is 14.0. The largest absolute Gasteiger partial charge is 0.469 e. The minimum Gasteiger partial charge on any atom is -0.469 e. The molecule has 22 heavy (non-hydrogen) atoms. The van der Waals surface area contributed by atoms with E-state index in [9.17, 15) is 18.0 Å². The Morgan fingerprint density at radius 1 is 1.27 bits per heavy atom. The Morgan fingerprint density at radius 3 is 2.23 bits per heavy atom. The molecule has 0 saturated carbocycles. The first-order valence-corrected chi connectivity index (χ1v) is 8.55. The number of hydrogen-bond donors (Lipinski definition) is 1. The summed E-state index contributed by atoms with van der Waals surface area (Å²) < 4.78 is 33.8. The minimum atomic E-state index is -4.16. The third-order valence-electron chi connectivity index (χ3n) is 2.93. The van der Waals surface area contributed by atoms with Gasteiger partial charge in [-0.25, -0.2) is 13.6 Å². The molecule has 0 aliphatic carbocycles. The van der Waals surface area contributed by atoms with Crippen LogP contribution in [0.4, 0.5) is 0 Å². The number of halogens is 1. The van der Waals surface area contributed by atoms with Crippen molar-refractivity contribution in [3.63, 3.8) is 0 Å². The fourth-order valence-electron chi connectivity index (χ4n) is 1.88. The first-order valence-electron chi connectivity index (χ1n) is 6.15. The highest BCUT2D eigenvalue weighted by Crippen LogP contribution is 2.27. The Balaban J connectivity index is 3.28. The van der Waals surface area contributed by atoms with Gasteiger partial charge in [-0.3, -0.25) is 9.59 Å². The maximum Gasteiger partial charge on any atom is 0.314 e. The first-order chi connectivity index (χ1) is 10.2. The lowest BCUT2D eigenvalue weighted by molar-refractivity contribution is -0.146. The number of primary sulfonamides is 1. The van der Waals surface area contributed by atoms with Crippen molar-refractivity contribution >= 4 is 37.9 Å². The van der Waals surface area contributed by atoms with Gasteiger partial charge in [0.1, 0.15) is 17.8 Å². The Hall–Kier alpha value is -1.45. The van der Waals surface area contributed by atoms with Crippen molar-refractivity contribution in [2.45, 2.75) is 18.1 Å². The lowest BCUT2D eigenvalue weighted by Crippen LogP contribution is -2.41. The number of nitrogens with two attached hydrogens (primary N) is 1. The average molecular weight is 394 g/mol. The van der Waals surface area contributed by atoms with Crippen LogP contribution in [0.1, 0.15) is 18.4 Å². The number of carbonyl (C=O) groups excluding carboxylic acids is 2. The van der Waals surface area contributed by atoms with Crippen LogP contribution in [0.2, 0.25) is 0 Å². The molecule has 0 radical (unpaired) electrons. The number of hydrogen-bond acceptors (Lipinski definition) is 6. The summed E-state index contributed by atoms with van der Waals surface area (Å²) >= 11 is 3.25. The van der Waals surface area contributed by atoms with E-state index in [0.29, 0.717) is 5.56 Å². The highest BCUT2D eigenvalue weighted by molar-refractivity contribution is 9.10. The molecule has 0 heterocycles. The van der Waals surface area contributed by atoms with Gasteiger partial charge < -0.3 is 9.47 Å². The zero-order valence-corrected chi connectivity index (χ0v) is 14.4. The van der Waals surface area contributed by atoms with Gasteiger partial charge >= 0.3 is 11.9 Å². The van der Waals surface area contributed by atoms with Crippen molar-refractivity contribution in [3.05, 3.63) is 34.3 Å². The molecule has 0 bridgehead atoms. The summed E-state index contributed by atoms with van der Waals surface area (Å²) in [6.45, 7) is 0.594. The molecule has 7 nitrogen and oxygen atoms in total. The molecule has 122 valence electrons. The number of carbonyl (C=O) groups is 2. The molecule has 1 rings (SSSR count). The molecule has 2 N–H and O–H groups in total. The second kappa shape index (κ2) is 7.70. The lowest BCUT2D eigenvalue weighted by atomic mass is 9.95. The predicted octanol–water partition coefficient (Wildman–Crippen LogP) is 0.926. The van der Waals surface area contributed by atoms with Crippen LogP contribution in [0, 0.1) is 0 Å². The number of methoxy groups -OCH3 is 1. The molecule has 0 fully saturated rings. The second-order valence-corrected chi connectivity index (χ2v) is 7.18. The second-order valence-electron chi connectivity index (χ2n) is 4.48. The van der Waals surface area contributed by atoms with Crippen LogP contribution in [0.5, 0.6) is 0 Å². The summed E-state index contributed by atoms with van der Waals surface area (Å²) in [4.78, 5) is 23.0. The Kier molecular flexibility index (Phi) is 6.51. The summed E-state index contributed by atoms with van der Waals surface area (Å²) in [5, 5.41) is 3.75. The van der Waals surface area contributed by atoms with Crippen LogP contribution in [0.3, 0.4) is 0 Å². The number of ether oxygens (including phenoxy) is 2. The van der Waals surface area contributed by atoms with Crippen molar-refractivity contribution in [1.82, 2.24) is 0 Å². The molecule has 2 atom stereocenters. The van der Waals surface area contributed by atoms with E-state index in [1.807, 2.05) is 0 Å². The first kappa shape index (κ1) is 18.6. The summed E-state index contributed by atoms with van der Waals surface area (Å²) in [5.74, 6) is -2.66. The van der Waals surface area contributed by atoms with Gasteiger partial charge in [0.2, 0.25) is 10.0 Å². The van der Waals surface area contributed by atoms with Gasteiger partial charge in [0.15, 0.2) is 0 Å². The predicted molar refractivity (Wildman–Crippen MR) is 82.4 cm³/mol. The fraction of sp³-hybridized carbons (Fsp3) is 0.385. The van der Waals surface area contributed by atoms with Crippen LogP contribution < -0.4 is 5.14 Å². The number of sulfonamides is 1. The van der Waals surface area contributed by atoms with E-state index in [0.717, 1.165) is 18.5 Å². The molecule has 9 heteroatoms. The van der Waals surface area contributed by atoms with Gasteiger partial charge in [-0.2, -0.15) is 0 Å². The van der Waals surface area contributed by atoms with Gasteiger partial charge in [0.25, 0.3) is 0 Å². The van der Waals surface area contributed by atoms with E-state index in [-0.39, 0.29) is 0 Å². The van der Waals surface area contributed by atoms with E-state index in [4.69, 9.17) is 9.88 Å².